The molecule has 2 aromatic rings. The maximum atomic E-state index is 13.3. The van der Waals surface area contributed by atoms with Crippen molar-refractivity contribution in [1.29, 1.82) is 0 Å². The molecule has 0 aliphatic carbocycles. The maximum absolute atomic E-state index is 13.3. The first-order valence-electron chi connectivity index (χ1n) is 10.0. The van der Waals surface area contributed by atoms with Crippen LogP contribution in [0, 0.1) is 18.7 Å². The van der Waals surface area contributed by atoms with Gasteiger partial charge in [-0.15, -0.1) is 0 Å². The standard InChI is InChI=1S/C23H27FN4O2/c1-14(2)20-11-21(29)28(23(25)27-20)13-17-8-7-15(3)19(10-17)22(30)26-12-16-5-4-6-18(24)9-16/h4-10,14,20H,11-13H2,1-3H3,(H2,25,27)(H,26,30). The fourth-order valence-electron chi connectivity index (χ4n) is 3.38. The largest absolute Gasteiger partial charge is 0.369 e. The lowest BCUT2D eigenvalue weighted by molar-refractivity contribution is -0.129. The molecule has 0 aromatic heterocycles. The van der Waals surface area contributed by atoms with Gasteiger partial charge in [-0.05, 0) is 47.7 Å². The number of aryl methyl sites for hydroxylation is 1. The number of rotatable bonds is 6. The van der Waals surface area contributed by atoms with E-state index >= 15 is 0 Å². The van der Waals surface area contributed by atoms with E-state index in [1.165, 1.54) is 17.0 Å². The molecule has 1 aliphatic heterocycles. The molecule has 0 bridgehead atoms. The molecule has 1 heterocycles. The number of hydrogen-bond acceptors (Lipinski definition) is 4. The predicted octanol–water partition coefficient (Wildman–Crippen LogP) is 3.14. The summed E-state index contributed by atoms with van der Waals surface area (Å²) < 4.78 is 13.3. The SMILES string of the molecule is Cc1ccc(CN2C(=O)CC(C(C)C)N=C2N)cc1C(=O)NCc1cccc(F)c1. The first-order chi connectivity index (χ1) is 14.2. The van der Waals surface area contributed by atoms with Crippen molar-refractivity contribution in [2.45, 2.75) is 46.3 Å². The Bertz CT molecular complexity index is 987. The summed E-state index contributed by atoms with van der Waals surface area (Å²) in [5, 5.41) is 2.82. The molecule has 0 spiro atoms. The zero-order valence-corrected chi connectivity index (χ0v) is 17.5. The Labute approximate surface area is 176 Å². The van der Waals surface area contributed by atoms with Crippen LogP contribution in [0.1, 0.15) is 47.3 Å². The molecule has 2 aromatic carbocycles. The van der Waals surface area contributed by atoms with Crippen molar-refractivity contribution in [3.8, 4) is 0 Å². The van der Waals surface area contributed by atoms with Crippen molar-refractivity contribution in [1.82, 2.24) is 10.2 Å². The summed E-state index contributed by atoms with van der Waals surface area (Å²) in [5.74, 6) is -0.223. The average molecular weight is 410 g/mol. The number of aliphatic imine (C=N–C) groups is 1. The van der Waals surface area contributed by atoms with Crippen molar-refractivity contribution in [2.75, 3.05) is 0 Å². The lowest BCUT2D eigenvalue weighted by Gasteiger charge is -2.30. The van der Waals surface area contributed by atoms with E-state index in [0.717, 1.165) is 11.1 Å². The van der Waals surface area contributed by atoms with Gasteiger partial charge in [-0.1, -0.05) is 38.1 Å². The summed E-state index contributed by atoms with van der Waals surface area (Å²) in [7, 11) is 0. The van der Waals surface area contributed by atoms with Gasteiger partial charge in [0.2, 0.25) is 5.91 Å². The number of nitrogens with one attached hydrogen (secondary N) is 1. The van der Waals surface area contributed by atoms with Gasteiger partial charge < -0.3 is 11.1 Å². The third-order valence-electron chi connectivity index (χ3n) is 5.26. The van der Waals surface area contributed by atoms with Crippen LogP contribution < -0.4 is 11.1 Å². The second kappa shape index (κ2) is 9.07. The lowest BCUT2D eigenvalue weighted by Crippen LogP contribution is -2.47. The predicted molar refractivity (Wildman–Crippen MR) is 114 cm³/mol. The van der Waals surface area contributed by atoms with Crippen LogP contribution in [0.4, 0.5) is 4.39 Å². The Morgan fingerprint density at radius 3 is 2.70 bits per heavy atom. The zero-order chi connectivity index (χ0) is 21.8. The quantitative estimate of drug-likeness (QED) is 0.767. The van der Waals surface area contributed by atoms with Gasteiger partial charge in [0.05, 0.1) is 19.0 Å². The number of guanidine groups is 1. The molecule has 2 amide bonds. The number of halogens is 1. The van der Waals surface area contributed by atoms with Crippen molar-refractivity contribution in [2.24, 2.45) is 16.6 Å². The Morgan fingerprint density at radius 2 is 2.03 bits per heavy atom. The van der Waals surface area contributed by atoms with Crippen molar-refractivity contribution in [3.63, 3.8) is 0 Å². The molecule has 3 N–H and O–H groups in total. The Morgan fingerprint density at radius 1 is 1.27 bits per heavy atom. The molecular formula is C23H27FN4O2. The van der Waals surface area contributed by atoms with E-state index in [4.69, 9.17) is 5.73 Å². The molecule has 0 fully saturated rings. The number of carbonyl (C=O) groups is 2. The van der Waals surface area contributed by atoms with Crippen molar-refractivity contribution < 1.29 is 14.0 Å². The third-order valence-corrected chi connectivity index (χ3v) is 5.26. The van der Waals surface area contributed by atoms with Gasteiger partial charge in [0.15, 0.2) is 5.96 Å². The molecule has 158 valence electrons. The van der Waals surface area contributed by atoms with Crippen LogP contribution >= 0.6 is 0 Å². The summed E-state index contributed by atoms with van der Waals surface area (Å²) >= 11 is 0. The van der Waals surface area contributed by atoms with Gasteiger partial charge in [0, 0.05) is 12.1 Å². The maximum Gasteiger partial charge on any atom is 0.251 e. The normalized spacial score (nSPS) is 16.6. The van der Waals surface area contributed by atoms with E-state index in [0.29, 0.717) is 17.5 Å². The second-order valence-corrected chi connectivity index (χ2v) is 7.94. The summed E-state index contributed by atoms with van der Waals surface area (Å²) in [6, 6.07) is 11.5. The Balaban J connectivity index is 1.72. The van der Waals surface area contributed by atoms with Crippen LogP contribution in [0.3, 0.4) is 0 Å². The number of hydrogen-bond donors (Lipinski definition) is 2. The molecule has 0 radical (unpaired) electrons. The van der Waals surface area contributed by atoms with Crippen molar-refractivity contribution >= 4 is 17.8 Å². The van der Waals surface area contributed by atoms with E-state index in [-0.39, 0.29) is 48.6 Å². The fraction of sp³-hybridized carbons (Fsp3) is 0.348. The summed E-state index contributed by atoms with van der Waals surface area (Å²) in [6.45, 7) is 6.35. The molecular weight excluding hydrogens is 383 g/mol. The van der Waals surface area contributed by atoms with Gasteiger partial charge >= 0.3 is 0 Å². The number of amides is 2. The number of nitrogens with zero attached hydrogens (tertiary/aromatic N) is 2. The molecule has 7 heteroatoms. The average Bonchev–Trinajstić information content (AvgIpc) is 2.70. The smallest absolute Gasteiger partial charge is 0.251 e. The highest BCUT2D eigenvalue weighted by atomic mass is 19.1. The molecule has 1 aliphatic rings. The Kier molecular flexibility index (Phi) is 6.50. The molecule has 0 saturated heterocycles. The molecule has 3 rings (SSSR count). The number of nitrogens with two attached hydrogens (primary N) is 1. The number of carbonyl (C=O) groups excluding carboxylic acids is 2. The fourth-order valence-corrected chi connectivity index (χ4v) is 3.38. The van der Waals surface area contributed by atoms with E-state index in [1.54, 1.807) is 18.2 Å². The van der Waals surface area contributed by atoms with Gasteiger partial charge in [0.25, 0.3) is 5.91 Å². The second-order valence-electron chi connectivity index (χ2n) is 7.94. The minimum atomic E-state index is -0.343. The van der Waals surface area contributed by atoms with Crippen LogP contribution in [-0.2, 0) is 17.9 Å². The monoisotopic (exact) mass is 410 g/mol. The van der Waals surface area contributed by atoms with Crippen LogP contribution in [-0.4, -0.2) is 28.7 Å². The molecule has 1 unspecified atom stereocenters. The minimum absolute atomic E-state index is 0.0705. The van der Waals surface area contributed by atoms with E-state index in [9.17, 15) is 14.0 Å². The third kappa shape index (κ3) is 5.03. The lowest BCUT2D eigenvalue weighted by atomic mass is 9.99. The van der Waals surface area contributed by atoms with Crippen LogP contribution in [0.5, 0.6) is 0 Å². The summed E-state index contributed by atoms with van der Waals surface area (Å²) in [4.78, 5) is 31.1. The summed E-state index contributed by atoms with van der Waals surface area (Å²) in [5.41, 5.74) is 8.82. The van der Waals surface area contributed by atoms with E-state index < -0.39 is 0 Å². The molecule has 6 nitrogen and oxygen atoms in total. The van der Waals surface area contributed by atoms with Crippen LogP contribution in [0.2, 0.25) is 0 Å². The summed E-state index contributed by atoms with van der Waals surface area (Å²) in [6.07, 6.45) is 0.325. The topological polar surface area (TPSA) is 87.8 Å². The van der Waals surface area contributed by atoms with E-state index in [2.05, 4.69) is 10.3 Å². The molecule has 0 saturated carbocycles. The number of benzene rings is 2. The molecule has 1 atom stereocenters. The van der Waals surface area contributed by atoms with Crippen LogP contribution in [0.25, 0.3) is 0 Å². The van der Waals surface area contributed by atoms with Gasteiger partial charge in [-0.25, -0.2) is 9.38 Å². The Hall–Kier alpha value is -3.22. The zero-order valence-electron chi connectivity index (χ0n) is 17.5. The highest BCUT2D eigenvalue weighted by molar-refractivity contribution is 5.99. The van der Waals surface area contributed by atoms with Gasteiger partial charge in [-0.2, -0.15) is 0 Å². The van der Waals surface area contributed by atoms with Gasteiger partial charge in [0.1, 0.15) is 5.82 Å². The van der Waals surface area contributed by atoms with E-state index in [1.807, 2.05) is 32.9 Å². The highest BCUT2D eigenvalue weighted by Gasteiger charge is 2.29. The highest BCUT2D eigenvalue weighted by Crippen LogP contribution is 2.20. The first-order valence-corrected chi connectivity index (χ1v) is 10.0. The van der Waals surface area contributed by atoms with Crippen LogP contribution in [0.15, 0.2) is 47.5 Å². The minimum Gasteiger partial charge on any atom is -0.369 e. The first kappa shape index (κ1) is 21.5. The van der Waals surface area contributed by atoms with Gasteiger partial charge in [-0.3, -0.25) is 14.5 Å². The molecule has 30 heavy (non-hydrogen) atoms. The van der Waals surface area contributed by atoms with Crippen molar-refractivity contribution in [3.05, 3.63) is 70.5 Å².